The van der Waals surface area contributed by atoms with Crippen LogP contribution in [0.5, 0.6) is 5.75 Å². The third kappa shape index (κ3) is 5.01. The maximum Gasteiger partial charge on any atom is 0.238 e. The standard InChI is InChI=1S/C33H36BN4O3/c1-34-29-20-24(30(11-14-35)36-25-5-3-6-26(21-25)37-15-17-41-18-16-37)19-28-31(29)38(32(39)33(28)12-4-13-33)22-23-7-9-27(40-2)10-8-23/h3,5-11,14,19-21H,4,12-13,15-18,22,35H2,1-2H3. The van der Waals surface area contributed by atoms with E-state index >= 15 is 0 Å². The number of nitrogens with zero attached hydrogens (tertiary/aromatic N) is 3. The molecule has 3 aromatic carbocycles. The number of carbonyl (C=O) groups is 1. The minimum absolute atomic E-state index is 0.195. The van der Waals surface area contributed by atoms with Gasteiger partial charge in [-0.05, 0) is 72.6 Å². The minimum atomic E-state index is -0.469. The molecule has 0 bridgehead atoms. The number of benzene rings is 3. The van der Waals surface area contributed by atoms with Crippen molar-refractivity contribution < 1.29 is 14.3 Å². The first-order valence-electron chi connectivity index (χ1n) is 14.4. The first kappa shape index (κ1) is 27.2. The molecular formula is C33H36BN4O3. The summed E-state index contributed by atoms with van der Waals surface area (Å²) in [6.45, 7) is 5.75. The zero-order valence-corrected chi connectivity index (χ0v) is 23.8. The fourth-order valence-corrected chi connectivity index (χ4v) is 6.25. The highest BCUT2D eigenvalue weighted by molar-refractivity contribution is 6.55. The van der Waals surface area contributed by atoms with Gasteiger partial charge >= 0.3 is 0 Å². The summed E-state index contributed by atoms with van der Waals surface area (Å²) in [5, 5.41) is 0. The molecule has 2 heterocycles. The molecule has 1 spiro atoms. The number of hydrogen-bond donors (Lipinski definition) is 1. The molecule has 3 aliphatic rings. The fourth-order valence-electron chi connectivity index (χ4n) is 6.25. The summed E-state index contributed by atoms with van der Waals surface area (Å²) in [6.07, 6.45) is 6.17. The lowest BCUT2D eigenvalue weighted by Crippen LogP contribution is -2.45. The molecule has 2 fully saturated rings. The molecule has 1 amide bonds. The van der Waals surface area contributed by atoms with Gasteiger partial charge in [0.1, 0.15) is 5.75 Å². The van der Waals surface area contributed by atoms with Gasteiger partial charge in [0.15, 0.2) is 7.28 Å². The number of rotatable bonds is 8. The Balaban J connectivity index is 1.40. The van der Waals surface area contributed by atoms with Gasteiger partial charge in [0.2, 0.25) is 5.91 Å². The van der Waals surface area contributed by atoms with Crippen molar-refractivity contribution in [1.82, 2.24) is 0 Å². The van der Waals surface area contributed by atoms with Gasteiger partial charge in [-0.3, -0.25) is 4.79 Å². The Bertz CT molecular complexity index is 1490. The van der Waals surface area contributed by atoms with E-state index in [9.17, 15) is 4.79 Å². The van der Waals surface area contributed by atoms with E-state index in [1.807, 2.05) is 54.2 Å². The largest absolute Gasteiger partial charge is 0.497 e. The number of fused-ring (bicyclic) bond motifs is 2. The normalized spacial score (nSPS) is 18.1. The molecule has 1 saturated heterocycles. The summed E-state index contributed by atoms with van der Waals surface area (Å²) in [5.41, 5.74) is 13.4. The molecule has 6 rings (SSSR count). The number of anilines is 2. The molecular weight excluding hydrogens is 511 g/mol. The maximum absolute atomic E-state index is 14.1. The van der Waals surface area contributed by atoms with Crippen LogP contribution in [0.4, 0.5) is 17.1 Å². The third-order valence-electron chi connectivity index (χ3n) is 8.60. The predicted molar refractivity (Wildman–Crippen MR) is 166 cm³/mol. The van der Waals surface area contributed by atoms with Gasteiger partial charge in [0, 0.05) is 30.0 Å². The molecule has 1 saturated carbocycles. The van der Waals surface area contributed by atoms with Crippen LogP contribution in [0.1, 0.15) is 36.0 Å². The van der Waals surface area contributed by atoms with Crippen LogP contribution < -0.4 is 25.7 Å². The number of morpholine rings is 1. The predicted octanol–water partition coefficient (Wildman–Crippen LogP) is 4.47. The van der Waals surface area contributed by atoms with E-state index in [0.717, 1.165) is 96.2 Å². The quantitative estimate of drug-likeness (QED) is 0.333. The zero-order valence-electron chi connectivity index (χ0n) is 23.8. The van der Waals surface area contributed by atoms with Crippen molar-refractivity contribution in [3.05, 3.63) is 89.6 Å². The molecule has 1 radical (unpaired) electrons. The van der Waals surface area contributed by atoms with Crippen molar-refractivity contribution in [3.8, 4) is 5.75 Å². The summed E-state index contributed by atoms with van der Waals surface area (Å²) >= 11 is 0. The Morgan fingerprint density at radius 1 is 1.12 bits per heavy atom. The molecule has 1 aliphatic carbocycles. The summed E-state index contributed by atoms with van der Waals surface area (Å²) in [5.74, 6) is 1.00. The number of ether oxygens (including phenoxy) is 2. The van der Waals surface area contributed by atoms with E-state index in [-0.39, 0.29) is 5.91 Å². The second-order valence-electron chi connectivity index (χ2n) is 10.9. The van der Waals surface area contributed by atoms with Crippen molar-refractivity contribution in [2.75, 3.05) is 43.2 Å². The summed E-state index contributed by atoms with van der Waals surface area (Å²) < 4.78 is 10.9. The van der Waals surface area contributed by atoms with E-state index in [1.165, 1.54) is 6.20 Å². The Morgan fingerprint density at radius 3 is 2.56 bits per heavy atom. The number of allylic oxidation sites excluding steroid dienone is 1. The smallest absolute Gasteiger partial charge is 0.238 e. The number of aliphatic imine (C=N–C) groups is 1. The van der Waals surface area contributed by atoms with E-state index < -0.39 is 5.41 Å². The Labute approximate surface area is 242 Å². The molecule has 8 heteroatoms. The Hall–Kier alpha value is -4.04. The molecule has 0 aromatic heterocycles. The van der Waals surface area contributed by atoms with Crippen LogP contribution >= 0.6 is 0 Å². The highest BCUT2D eigenvalue weighted by Crippen LogP contribution is 2.53. The molecule has 2 aliphatic heterocycles. The van der Waals surface area contributed by atoms with E-state index in [1.54, 1.807) is 7.11 Å². The van der Waals surface area contributed by atoms with Crippen molar-refractivity contribution in [1.29, 1.82) is 0 Å². The number of hydrogen-bond acceptors (Lipinski definition) is 6. The van der Waals surface area contributed by atoms with Crippen LogP contribution in [0, 0.1) is 0 Å². The second kappa shape index (κ2) is 11.5. The van der Waals surface area contributed by atoms with Crippen molar-refractivity contribution >= 4 is 41.4 Å². The molecule has 209 valence electrons. The topological polar surface area (TPSA) is 80.4 Å². The maximum atomic E-state index is 14.1. The van der Waals surface area contributed by atoms with Crippen LogP contribution in [0.15, 0.2) is 77.9 Å². The van der Waals surface area contributed by atoms with Crippen LogP contribution in [0.3, 0.4) is 0 Å². The molecule has 0 atom stereocenters. The van der Waals surface area contributed by atoms with Gasteiger partial charge in [0.05, 0.1) is 43.7 Å². The molecule has 0 unspecified atom stereocenters. The van der Waals surface area contributed by atoms with Gasteiger partial charge in [-0.2, -0.15) is 0 Å². The van der Waals surface area contributed by atoms with E-state index in [4.69, 9.17) is 20.2 Å². The van der Waals surface area contributed by atoms with E-state index in [0.29, 0.717) is 6.54 Å². The molecule has 3 aromatic rings. The summed E-state index contributed by atoms with van der Waals surface area (Å²) in [4.78, 5) is 23.4. The number of methoxy groups -OCH3 is 1. The lowest BCUT2D eigenvalue weighted by atomic mass is 9.63. The van der Waals surface area contributed by atoms with Crippen LogP contribution in [0.25, 0.3) is 0 Å². The average Bonchev–Trinajstić information content (AvgIpc) is 3.25. The van der Waals surface area contributed by atoms with Gasteiger partial charge < -0.3 is 25.0 Å². The van der Waals surface area contributed by atoms with Crippen molar-refractivity contribution in [3.63, 3.8) is 0 Å². The van der Waals surface area contributed by atoms with Crippen LogP contribution in [-0.4, -0.2) is 52.3 Å². The second-order valence-corrected chi connectivity index (χ2v) is 10.9. The Kier molecular flexibility index (Phi) is 7.58. The highest BCUT2D eigenvalue weighted by atomic mass is 16.5. The lowest BCUT2D eigenvalue weighted by Gasteiger charge is -2.37. The van der Waals surface area contributed by atoms with Gasteiger partial charge in [-0.15, -0.1) is 0 Å². The van der Waals surface area contributed by atoms with E-state index in [2.05, 4.69) is 36.4 Å². The van der Waals surface area contributed by atoms with Crippen molar-refractivity contribution in [2.24, 2.45) is 10.7 Å². The Morgan fingerprint density at radius 2 is 1.90 bits per heavy atom. The molecule has 41 heavy (non-hydrogen) atoms. The lowest BCUT2D eigenvalue weighted by molar-refractivity contribution is -0.126. The third-order valence-corrected chi connectivity index (χ3v) is 8.60. The fraction of sp³-hybridized carbons (Fsp3) is 0.333. The van der Waals surface area contributed by atoms with Gasteiger partial charge in [0.25, 0.3) is 0 Å². The average molecular weight is 547 g/mol. The summed E-state index contributed by atoms with van der Waals surface area (Å²) in [6, 6.07) is 20.6. The summed E-state index contributed by atoms with van der Waals surface area (Å²) in [7, 11) is 3.76. The number of amides is 1. The van der Waals surface area contributed by atoms with Crippen molar-refractivity contribution in [2.45, 2.75) is 38.0 Å². The first-order valence-corrected chi connectivity index (χ1v) is 14.4. The molecule has 2 N–H and O–H groups in total. The van der Waals surface area contributed by atoms with Gasteiger partial charge in [-0.25, -0.2) is 4.99 Å². The zero-order chi connectivity index (χ0) is 28.4. The van der Waals surface area contributed by atoms with Crippen LogP contribution in [-0.2, 0) is 21.5 Å². The van der Waals surface area contributed by atoms with Gasteiger partial charge in [-0.1, -0.05) is 43.0 Å². The van der Waals surface area contributed by atoms with Crippen LogP contribution in [0.2, 0.25) is 6.82 Å². The SMILES string of the molecule is C[B]c1cc(C(C=CN)=Nc2cccc(N3CCOCC3)c2)cc2c1N(Cc1ccc(OC)cc1)C(=O)C21CCC1. The monoisotopic (exact) mass is 547 g/mol. The number of carbonyl (C=O) groups excluding carboxylic acids is 1. The first-order chi connectivity index (χ1) is 20.1. The number of nitrogens with two attached hydrogens (primary N) is 1. The molecule has 7 nitrogen and oxygen atoms in total. The highest BCUT2D eigenvalue weighted by Gasteiger charge is 2.55. The minimum Gasteiger partial charge on any atom is -0.497 e.